The van der Waals surface area contributed by atoms with Crippen LogP contribution in [0, 0.1) is 5.92 Å². The van der Waals surface area contributed by atoms with Gasteiger partial charge in [-0.2, -0.15) is 0 Å². The van der Waals surface area contributed by atoms with Crippen LogP contribution < -0.4 is 0 Å². The zero-order valence-electron chi connectivity index (χ0n) is 15.6. The first-order valence-corrected chi connectivity index (χ1v) is 9.37. The van der Waals surface area contributed by atoms with Crippen LogP contribution >= 0.6 is 0 Å². The predicted molar refractivity (Wildman–Crippen MR) is 95.6 cm³/mol. The van der Waals surface area contributed by atoms with Gasteiger partial charge in [0, 0.05) is 25.2 Å². The molecule has 2 unspecified atom stereocenters. The molecule has 2 amide bonds. The zero-order chi connectivity index (χ0) is 18.5. The van der Waals surface area contributed by atoms with Crippen molar-refractivity contribution >= 4 is 12.0 Å². The number of fused-ring (bicyclic) bond motifs is 3. The third-order valence-electron chi connectivity index (χ3n) is 5.26. The first-order valence-electron chi connectivity index (χ1n) is 9.37. The van der Waals surface area contributed by atoms with E-state index < -0.39 is 5.60 Å². The summed E-state index contributed by atoms with van der Waals surface area (Å²) < 4.78 is 11.2. The Balaban J connectivity index is 1.34. The molecular weight excluding hydrogens is 332 g/mol. The van der Waals surface area contributed by atoms with Crippen LogP contribution in [0.25, 0.3) is 0 Å². The van der Waals surface area contributed by atoms with Crippen molar-refractivity contribution in [1.82, 2.24) is 9.80 Å². The number of likely N-dealkylation sites (tertiary alicyclic amines) is 1. The van der Waals surface area contributed by atoms with Crippen LogP contribution in [0.3, 0.4) is 0 Å². The Morgan fingerprint density at radius 2 is 1.92 bits per heavy atom. The second kappa shape index (κ2) is 6.27. The van der Waals surface area contributed by atoms with E-state index in [-0.39, 0.29) is 24.3 Å². The van der Waals surface area contributed by atoms with Gasteiger partial charge in [0.25, 0.3) is 5.91 Å². The number of benzene rings is 1. The number of epoxide rings is 1. The summed E-state index contributed by atoms with van der Waals surface area (Å²) in [5.41, 5.74) is 1.30. The van der Waals surface area contributed by atoms with Crippen molar-refractivity contribution in [3.63, 3.8) is 0 Å². The summed E-state index contributed by atoms with van der Waals surface area (Å²) in [5.74, 6) is 0.446. The average molecular weight is 358 g/mol. The highest BCUT2D eigenvalue weighted by Gasteiger charge is 2.52. The number of piperidine rings is 1. The molecule has 0 bridgehead atoms. The van der Waals surface area contributed by atoms with E-state index in [2.05, 4.69) is 0 Å². The number of nitrogens with zero attached hydrogens (tertiary/aromatic N) is 2. The Labute approximate surface area is 154 Å². The third kappa shape index (κ3) is 3.30. The molecule has 6 nitrogen and oxygen atoms in total. The number of hydrogen-bond donors (Lipinski definition) is 0. The first kappa shape index (κ1) is 17.3. The van der Waals surface area contributed by atoms with E-state index in [4.69, 9.17) is 9.47 Å². The molecule has 3 aliphatic heterocycles. The maximum atomic E-state index is 12.8. The first-order chi connectivity index (χ1) is 12.3. The number of hydrogen-bond acceptors (Lipinski definition) is 4. The number of rotatable bonds is 2. The normalized spacial score (nSPS) is 25.6. The number of amides is 2. The minimum Gasteiger partial charge on any atom is -0.444 e. The standard InChI is InChI=1S/C20H26N2O4/c1-20(2,3)26-19(24)21-10-8-13(9-11-21)12-22-17(23)15-7-5-4-6-14(15)16-18(22)25-16/h4-7,13,16,18H,8-12H2,1-3H3. The molecule has 26 heavy (non-hydrogen) atoms. The molecule has 2 fully saturated rings. The van der Waals surface area contributed by atoms with Gasteiger partial charge in [-0.1, -0.05) is 18.2 Å². The van der Waals surface area contributed by atoms with Gasteiger partial charge in [0.1, 0.15) is 11.7 Å². The minimum absolute atomic E-state index is 0.0331. The summed E-state index contributed by atoms with van der Waals surface area (Å²) in [7, 11) is 0. The molecular formula is C20H26N2O4. The highest BCUT2D eigenvalue weighted by molar-refractivity contribution is 5.97. The van der Waals surface area contributed by atoms with Crippen molar-refractivity contribution in [2.75, 3.05) is 19.6 Å². The fourth-order valence-electron chi connectivity index (χ4n) is 3.87. The molecule has 2 saturated heterocycles. The molecule has 2 atom stereocenters. The van der Waals surface area contributed by atoms with Crippen LogP contribution in [0.15, 0.2) is 24.3 Å². The van der Waals surface area contributed by atoms with Crippen LogP contribution in [0.1, 0.15) is 55.6 Å². The molecule has 6 heteroatoms. The zero-order valence-corrected chi connectivity index (χ0v) is 15.6. The third-order valence-corrected chi connectivity index (χ3v) is 5.26. The molecule has 0 radical (unpaired) electrons. The van der Waals surface area contributed by atoms with Crippen LogP contribution in [0.4, 0.5) is 4.79 Å². The van der Waals surface area contributed by atoms with E-state index in [0.29, 0.717) is 25.6 Å². The van der Waals surface area contributed by atoms with Gasteiger partial charge in [-0.25, -0.2) is 4.79 Å². The number of carbonyl (C=O) groups is 2. The second-order valence-electron chi connectivity index (χ2n) is 8.40. The van der Waals surface area contributed by atoms with Crippen LogP contribution in [-0.4, -0.2) is 53.3 Å². The molecule has 4 rings (SSSR count). The Kier molecular flexibility index (Phi) is 4.18. The van der Waals surface area contributed by atoms with Crippen molar-refractivity contribution in [1.29, 1.82) is 0 Å². The van der Waals surface area contributed by atoms with E-state index in [1.54, 1.807) is 4.90 Å². The molecule has 0 N–H and O–H groups in total. The largest absolute Gasteiger partial charge is 0.444 e. The van der Waals surface area contributed by atoms with Gasteiger partial charge < -0.3 is 19.3 Å². The topological polar surface area (TPSA) is 62.4 Å². The van der Waals surface area contributed by atoms with E-state index >= 15 is 0 Å². The van der Waals surface area contributed by atoms with Crippen LogP contribution in [0.2, 0.25) is 0 Å². The molecule has 1 aromatic rings. The van der Waals surface area contributed by atoms with E-state index in [0.717, 1.165) is 24.0 Å². The molecule has 1 aromatic carbocycles. The Morgan fingerprint density at radius 3 is 2.62 bits per heavy atom. The maximum absolute atomic E-state index is 12.8. The molecule has 0 saturated carbocycles. The van der Waals surface area contributed by atoms with Gasteiger partial charge in [0.2, 0.25) is 0 Å². The Bertz CT molecular complexity index is 719. The molecule has 3 heterocycles. The van der Waals surface area contributed by atoms with Crippen molar-refractivity contribution in [2.45, 2.75) is 51.5 Å². The summed E-state index contributed by atoms with van der Waals surface area (Å²) >= 11 is 0. The Morgan fingerprint density at radius 1 is 1.23 bits per heavy atom. The molecule has 140 valence electrons. The quantitative estimate of drug-likeness (QED) is 0.762. The second-order valence-corrected chi connectivity index (χ2v) is 8.40. The van der Waals surface area contributed by atoms with Crippen molar-refractivity contribution in [2.24, 2.45) is 5.92 Å². The SMILES string of the molecule is CC(C)(C)OC(=O)N1CCC(CN2C(=O)c3ccccc3C3OC32)CC1. The van der Waals surface area contributed by atoms with Gasteiger partial charge in [-0.15, -0.1) is 0 Å². The maximum Gasteiger partial charge on any atom is 0.410 e. The average Bonchev–Trinajstić information content (AvgIpc) is 3.38. The lowest BCUT2D eigenvalue weighted by Gasteiger charge is -2.36. The van der Waals surface area contributed by atoms with E-state index in [1.807, 2.05) is 49.9 Å². The smallest absolute Gasteiger partial charge is 0.410 e. The molecule has 0 aliphatic carbocycles. The molecule has 0 aromatic heterocycles. The molecule has 3 aliphatic rings. The molecule has 0 spiro atoms. The van der Waals surface area contributed by atoms with Crippen LogP contribution in [-0.2, 0) is 9.47 Å². The summed E-state index contributed by atoms with van der Waals surface area (Å²) in [6.07, 6.45) is 1.43. The van der Waals surface area contributed by atoms with Gasteiger partial charge in [0.15, 0.2) is 6.23 Å². The van der Waals surface area contributed by atoms with Gasteiger partial charge >= 0.3 is 6.09 Å². The fraction of sp³-hybridized carbons (Fsp3) is 0.600. The monoisotopic (exact) mass is 358 g/mol. The lowest BCUT2D eigenvalue weighted by Crippen LogP contribution is -2.46. The Hall–Kier alpha value is -2.08. The number of ether oxygens (including phenoxy) is 2. The minimum atomic E-state index is -0.472. The van der Waals surface area contributed by atoms with E-state index in [9.17, 15) is 9.59 Å². The summed E-state index contributed by atoms with van der Waals surface area (Å²) in [4.78, 5) is 28.6. The summed E-state index contributed by atoms with van der Waals surface area (Å²) in [5, 5.41) is 0. The van der Waals surface area contributed by atoms with Gasteiger partial charge in [-0.05, 0) is 51.2 Å². The predicted octanol–water partition coefficient (Wildman–Crippen LogP) is 3.19. The fourth-order valence-corrected chi connectivity index (χ4v) is 3.87. The van der Waals surface area contributed by atoms with Gasteiger partial charge in [-0.3, -0.25) is 4.79 Å². The van der Waals surface area contributed by atoms with Crippen molar-refractivity contribution in [3.05, 3.63) is 35.4 Å². The van der Waals surface area contributed by atoms with Crippen molar-refractivity contribution < 1.29 is 19.1 Å². The van der Waals surface area contributed by atoms with Crippen LogP contribution in [0.5, 0.6) is 0 Å². The lowest BCUT2D eigenvalue weighted by molar-refractivity contribution is 0.0157. The lowest BCUT2D eigenvalue weighted by atomic mass is 9.93. The highest BCUT2D eigenvalue weighted by Crippen LogP contribution is 2.47. The van der Waals surface area contributed by atoms with Crippen molar-refractivity contribution in [3.8, 4) is 0 Å². The number of carbonyl (C=O) groups excluding carboxylic acids is 2. The van der Waals surface area contributed by atoms with E-state index in [1.165, 1.54) is 0 Å². The highest BCUT2D eigenvalue weighted by atomic mass is 16.6. The summed E-state index contributed by atoms with van der Waals surface area (Å²) in [6.45, 7) is 7.67. The summed E-state index contributed by atoms with van der Waals surface area (Å²) in [6, 6.07) is 7.71. The van der Waals surface area contributed by atoms with Gasteiger partial charge in [0.05, 0.1) is 0 Å².